The van der Waals surface area contributed by atoms with Gasteiger partial charge in [0.05, 0.1) is 17.6 Å². The van der Waals surface area contributed by atoms with Gasteiger partial charge in [-0.2, -0.15) is 0 Å². The van der Waals surface area contributed by atoms with Gasteiger partial charge in [-0.05, 0) is 50.6 Å². The van der Waals surface area contributed by atoms with E-state index in [1.54, 1.807) is 36.3 Å². The maximum atomic E-state index is 13.1. The molecule has 0 spiro atoms. The number of allylic oxidation sites excluding steroid dienone is 2. The topological polar surface area (TPSA) is 87.1 Å². The van der Waals surface area contributed by atoms with Crippen molar-refractivity contribution in [2.45, 2.75) is 72.0 Å². The molecule has 1 aromatic heterocycles. The molecule has 0 amide bonds. The minimum Gasteiger partial charge on any atom is -0.391 e. The SMILES string of the molecule is CCN(CC)OC(=O)CCC/C=C\C[C@H]1C(=O)C(C)(C)[C@@H](O)[C@@H]1/C=C/C(O)Cc1cc2ccccc2s1. The van der Waals surface area contributed by atoms with Gasteiger partial charge in [0, 0.05) is 47.3 Å². The van der Waals surface area contributed by atoms with Crippen molar-refractivity contribution in [2.24, 2.45) is 17.3 Å². The number of fused-ring (bicyclic) bond motifs is 1. The first-order valence-electron chi connectivity index (χ1n) is 13.3. The Morgan fingerprint density at radius 3 is 2.65 bits per heavy atom. The molecule has 4 atom stereocenters. The number of carbonyl (C=O) groups is 2. The fourth-order valence-corrected chi connectivity index (χ4v) is 6.05. The smallest absolute Gasteiger partial charge is 0.325 e. The minimum absolute atomic E-state index is 0.0427. The second-order valence-corrected chi connectivity index (χ2v) is 11.5. The number of unbranched alkanes of at least 4 members (excludes halogenated alkanes) is 1. The lowest BCUT2D eigenvalue weighted by Crippen LogP contribution is -2.31. The third kappa shape index (κ3) is 7.60. The summed E-state index contributed by atoms with van der Waals surface area (Å²) in [5.41, 5.74) is -0.835. The van der Waals surface area contributed by atoms with Gasteiger partial charge in [-0.3, -0.25) is 9.59 Å². The summed E-state index contributed by atoms with van der Waals surface area (Å²) in [4.78, 5) is 31.4. The zero-order valence-corrected chi connectivity index (χ0v) is 23.2. The standard InChI is InChI=1S/C30H41NO5S/c1-5-31(6-2)36-27(33)16-10-8-7-9-14-24-25(29(35)30(3,4)28(24)34)18-17-22(32)20-23-19-21-13-11-12-15-26(21)37-23/h7,9,11-13,15,17-19,22,24-25,29,32,35H,5-6,8,10,14,16,20H2,1-4H3/b9-7-,18-17+/t22?,24-,25-,29+/m1/s1. The molecule has 1 aliphatic rings. The Balaban J connectivity index is 1.54. The number of thiophene rings is 1. The maximum Gasteiger partial charge on any atom is 0.325 e. The van der Waals surface area contributed by atoms with E-state index in [1.807, 2.05) is 44.2 Å². The first-order valence-corrected chi connectivity index (χ1v) is 14.2. The Morgan fingerprint density at radius 1 is 1.22 bits per heavy atom. The first-order chi connectivity index (χ1) is 17.7. The summed E-state index contributed by atoms with van der Waals surface area (Å²) in [6.45, 7) is 8.79. The van der Waals surface area contributed by atoms with Crippen LogP contribution in [0.25, 0.3) is 10.1 Å². The summed E-state index contributed by atoms with van der Waals surface area (Å²) in [6.07, 6.45) is 8.79. The summed E-state index contributed by atoms with van der Waals surface area (Å²) in [5, 5.41) is 24.4. The van der Waals surface area contributed by atoms with E-state index in [-0.39, 0.29) is 23.6 Å². The maximum absolute atomic E-state index is 13.1. The van der Waals surface area contributed by atoms with Gasteiger partial charge in [0.15, 0.2) is 0 Å². The highest BCUT2D eigenvalue weighted by atomic mass is 32.1. The number of Topliss-reactive ketones (excluding diaryl/α,β-unsaturated/α-hetero) is 1. The quantitative estimate of drug-likeness (QED) is 0.204. The van der Waals surface area contributed by atoms with Crippen LogP contribution in [-0.4, -0.2) is 52.3 Å². The molecule has 0 aliphatic heterocycles. The lowest BCUT2D eigenvalue weighted by Gasteiger charge is -2.22. The summed E-state index contributed by atoms with van der Waals surface area (Å²) < 4.78 is 1.19. The van der Waals surface area contributed by atoms with Crippen LogP contribution in [0.5, 0.6) is 0 Å². The molecule has 37 heavy (non-hydrogen) atoms. The molecule has 1 aliphatic carbocycles. The van der Waals surface area contributed by atoms with Gasteiger partial charge in [0.2, 0.25) is 0 Å². The van der Waals surface area contributed by atoms with Crippen LogP contribution in [0.4, 0.5) is 0 Å². The van der Waals surface area contributed by atoms with Gasteiger partial charge in [-0.25, -0.2) is 0 Å². The molecule has 1 aromatic carbocycles. The van der Waals surface area contributed by atoms with Crippen molar-refractivity contribution in [2.75, 3.05) is 13.1 Å². The molecule has 1 saturated carbocycles. The van der Waals surface area contributed by atoms with Crippen LogP contribution in [0.15, 0.2) is 54.6 Å². The summed E-state index contributed by atoms with van der Waals surface area (Å²) >= 11 is 1.67. The van der Waals surface area contributed by atoms with Crippen LogP contribution in [-0.2, 0) is 20.8 Å². The van der Waals surface area contributed by atoms with E-state index in [2.05, 4.69) is 18.2 Å². The molecule has 1 heterocycles. The van der Waals surface area contributed by atoms with E-state index in [4.69, 9.17) is 4.84 Å². The fraction of sp³-hybridized carbons (Fsp3) is 0.533. The fourth-order valence-electron chi connectivity index (χ4n) is 4.94. The largest absolute Gasteiger partial charge is 0.391 e. The Kier molecular flexibility index (Phi) is 10.6. The predicted molar refractivity (Wildman–Crippen MR) is 149 cm³/mol. The number of aliphatic hydroxyl groups is 2. The second kappa shape index (κ2) is 13.5. The van der Waals surface area contributed by atoms with Crippen LogP contribution in [0.3, 0.4) is 0 Å². The molecular weight excluding hydrogens is 486 g/mol. The van der Waals surface area contributed by atoms with E-state index in [0.717, 1.165) is 4.88 Å². The summed E-state index contributed by atoms with van der Waals surface area (Å²) in [5.74, 6) is -0.886. The monoisotopic (exact) mass is 527 g/mol. The van der Waals surface area contributed by atoms with Crippen molar-refractivity contribution in [3.8, 4) is 0 Å². The average molecular weight is 528 g/mol. The van der Waals surface area contributed by atoms with Crippen molar-refractivity contribution in [1.82, 2.24) is 5.06 Å². The van der Waals surface area contributed by atoms with E-state index in [0.29, 0.717) is 45.2 Å². The van der Waals surface area contributed by atoms with Gasteiger partial charge in [0.25, 0.3) is 0 Å². The molecule has 3 rings (SSSR count). The number of hydrogen-bond donors (Lipinski definition) is 2. The Labute approximate surface area is 224 Å². The van der Waals surface area contributed by atoms with E-state index < -0.39 is 17.6 Å². The number of rotatable bonds is 13. The molecule has 0 saturated heterocycles. The molecule has 2 N–H and O–H groups in total. The molecule has 0 bridgehead atoms. The highest BCUT2D eigenvalue weighted by molar-refractivity contribution is 7.19. The van der Waals surface area contributed by atoms with E-state index >= 15 is 0 Å². The number of ketones is 1. The minimum atomic E-state index is -0.835. The summed E-state index contributed by atoms with van der Waals surface area (Å²) in [7, 11) is 0. The highest BCUT2D eigenvalue weighted by Crippen LogP contribution is 2.44. The van der Waals surface area contributed by atoms with Crippen LogP contribution < -0.4 is 0 Å². The van der Waals surface area contributed by atoms with Crippen molar-refractivity contribution in [1.29, 1.82) is 0 Å². The lowest BCUT2D eigenvalue weighted by molar-refractivity contribution is -0.188. The van der Waals surface area contributed by atoms with E-state index in [9.17, 15) is 19.8 Å². The normalized spacial score (nSPS) is 22.6. The third-order valence-electron chi connectivity index (χ3n) is 7.23. The molecule has 6 nitrogen and oxygen atoms in total. The van der Waals surface area contributed by atoms with Gasteiger partial charge in [-0.15, -0.1) is 16.4 Å². The molecule has 0 radical (unpaired) electrons. The molecular formula is C30H41NO5S. The average Bonchev–Trinajstić information content (AvgIpc) is 3.35. The van der Waals surface area contributed by atoms with Crippen molar-refractivity contribution in [3.05, 3.63) is 59.5 Å². The molecule has 1 unspecified atom stereocenters. The van der Waals surface area contributed by atoms with Crippen molar-refractivity contribution >= 4 is 33.2 Å². The predicted octanol–water partition coefficient (Wildman–Crippen LogP) is 5.48. The Hall–Kier alpha value is -2.32. The van der Waals surface area contributed by atoms with Crippen molar-refractivity contribution < 1.29 is 24.6 Å². The van der Waals surface area contributed by atoms with Gasteiger partial charge < -0.3 is 15.1 Å². The number of carbonyl (C=O) groups excluding carboxylic acids is 2. The number of aliphatic hydroxyl groups excluding tert-OH is 2. The van der Waals surface area contributed by atoms with Crippen LogP contribution in [0, 0.1) is 17.3 Å². The Morgan fingerprint density at radius 2 is 1.95 bits per heavy atom. The second-order valence-electron chi connectivity index (χ2n) is 10.3. The van der Waals surface area contributed by atoms with Gasteiger partial charge >= 0.3 is 5.97 Å². The lowest BCUT2D eigenvalue weighted by atomic mass is 9.86. The van der Waals surface area contributed by atoms with E-state index in [1.165, 1.54) is 10.1 Å². The Bertz CT molecular complexity index is 1070. The third-order valence-corrected chi connectivity index (χ3v) is 8.37. The zero-order valence-electron chi connectivity index (χ0n) is 22.4. The van der Waals surface area contributed by atoms with Crippen LogP contribution in [0.1, 0.15) is 58.3 Å². The zero-order chi connectivity index (χ0) is 27.0. The molecule has 1 fully saturated rings. The van der Waals surface area contributed by atoms with Gasteiger partial charge in [-0.1, -0.05) is 56.4 Å². The number of nitrogens with zero attached hydrogens (tertiary/aromatic N) is 1. The van der Waals surface area contributed by atoms with Crippen LogP contribution >= 0.6 is 11.3 Å². The number of hydroxylamine groups is 2. The molecule has 2 aromatic rings. The highest BCUT2D eigenvalue weighted by Gasteiger charge is 2.52. The molecule has 202 valence electrons. The first kappa shape index (κ1) is 29.2. The number of benzene rings is 1. The number of hydrogen-bond acceptors (Lipinski definition) is 7. The molecule has 7 heteroatoms. The van der Waals surface area contributed by atoms with Crippen LogP contribution in [0.2, 0.25) is 0 Å². The summed E-state index contributed by atoms with van der Waals surface area (Å²) in [6, 6.07) is 10.3. The van der Waals surface area contributed by atoms with Crippen molar-refractivity contribution in [3.63, 3.8) is 0 Å². The van der Waals surface area contributed by atoms with Gasteiger partial charge in [0.1, 0.15) is 5.78 Å².